The van der Waals surface area contributed by atoms with Crippen molar-refractivity contribution in [3.8, 4) is 5.75 Å². The summed E-state index contributed by atoms with van der Waals surface area (Å²) in [5.41, 5.74) is -3.25. The van der Waals surface area contributed by atoms with E-state index in [9.17, 15) is 18.9 Å². The highest BCUT2D eigenvalue weighted by Gasteiger charge is 2.71. The molecule has 16 heteroatoms. The molecule has 2 aromatic rings. The number of rotatable bonds is 11. The van der Waals surface area contributed by atoms with Gasteiger partial charge in [0.2, 0.25) is 0 Å². The Kier molecular flexibility index (Phi) is 8.66. The second-order valence-corrected chi connectivity index (χ2v) is 11.3. The van der Waals surface area contributed by atoms with Gasteiger partial charge in [-0.05, 0) is 39.8 Å². The first-order valence-electron chi connectivity index (χ1n) is 12.3. The van der Waals surface area contributed by atoms with E-state index >= 15 is 4.39 Å². The summed E-state index contributed by atoms with van der Waals surface area (Å²) in [4.78, 5) is 38.6. The summed E-state index contributed by atoms with van der Waals surface area (Å²) in [6.07, 6.45) is -2.38. The monoisotopic (exact) mass is 587 g/mol. The summed E-state index contributed by atoms with van der Waals surface area (Å²) >= 11 is 0. The van der Waals surface area contributed by atoms with E-state index in [4.69, 9.17) is 32.7 Å². The number of alkyl halides is 1. The van der Waals surface area contributed by atoms with Gasteiger partial charge in [0, 0.05) is 19.4 Å². The summed E-state index contributed by atoms with van der Waals surface area (Å²) in [7, 11) is -3.23. The number of carbonyl (C=O) groups is 1. The van der Waals surface area contributed by atoms with E-state index in [1.807, 2.05) is 0 Å². The van der Waals surface area contributed by atoms with Crippen LogP contribution < -0.4 is 20.9 Å². The highest BCUT2D eigenvalue weighted by Crippen LogP contribution is 2.55. The van der Waals surface area contributed by atoms with Gasteiger partial charge in [0.15, 0.2) is 12.3 Å². The maximum absolute atomic E-state index is 16.6. The third-order valence-electron chi connectivity index (χ3n) is 6.06. The third-order valence-corrected chi connectivity index (χ3v) is 7.68. The Morgan fingerprint density at radius 2 is 1.90 bits per heavy atom. The van der Waals surface area contributed by atoms with Crippen LogP contribution in [0.3, 0.4) is 0 Å². The van der Waals surface area contributed by atoms with Gasteiger partial charge in [-0.15, -0.1) is 0 Å². The summed E-state index contributed by atoms with van der Waals surface area (Å²) in [6, 6.07) is 7.75. The molecule has 7 unspecified atom stereocenters. The van der Waals surface area contributed by atoms with E-state index in [1.54, 1.807) is 32.0 Å². The van der Waals surface area contributed by atoms with Gasteiger partial charge in [-0.25, -0.2) is 13.8 Å². The number of H-pyrrole nitrogens is 1. The van der Waals surface area contributed by atoms with Crippen molar-refractivity contribution in [2.45, 2.75) is 70.1 Å². The molecule has 0 aliphatic carbocycles. The van der Waals surface area contributed by atoms with Gasteiger partial charge in [-0.1, -0.05) is 18.2 Å². The van der Waals surface area contributed by atoms with Gasteiger partial charge in [-0.2, -0.15) is 5.09 Å². The maximum atomic E-state index is 16.6. The second kappa shape index (κ2) is 11.5. The SMILES string of the molecule is COC1OC2C(F)(COP(=O)(NC(C)C(=O)OC(C)C)Oc3ccccc3)OC(n3ccc(=O)[nH]c3=O)C2(C)O1. The van der Waals surface area contributed by atoms with Crippen molar-refractivity contribution in [3.63, 3.8) is 0 Å². The van der Waals surface area contributed by atoms with Crippen molar-refractivity contribution in [2.24, 2.45) is 0 Å². The highest BCUT2D eigenvalue weighted by atomic mass is 31.2. The molecule has 2 fully saturated rings. The molecule has 220 valence electrons. The van der Waals surface area contributed by atoms with E-state index in [2.05, 4.69) is 10.1 Å². The molecular formula is C24H31FN3O11P. The molecule has 2 aliphatic rings. The summed E-state index contributed by atoms with van der Waals surface area (Å²) in [6.45, 7) is 3.67. The zero-order valence-corrected chi connectivity index (χ0v) is 23.3. The number of fused-ring (bicyclic) bond motifs is 1. The normalized spacial score (nSPS) is 30.0. The highest BCUT2D eigenvalue weighted by molar-refractivity contribution is 7.52. The quantitative estimate of drug-likeness (QED) is 0.290. The number of carbonyl (C=O) groups excluding carboxylic acids is 1. The van der Waals surface area contributed by atoms with Crippen LogP contribution in [0.1, 0.15) is 33.9 Å². The first-order chi connectivity index (χ1) is 18.8. The van der Waals surface area contributed by atoms with Crippen LogP contribution in [0.5, 0.6) is 5.75 Å². The summed E-state index contributed by atoms with van der Waals surface area (Å²) in [5, 5.41) is 2.46. The number of esters is 1. The van der Waals surface area contributed by atoms with Gasteiger partial charge in [-0.3, -0.25) is 23.7 Å². The molecule has 0 spiro atoms. The number of aromatic nitrogens is 2. The molecule has 0 amide bonds. The van der Waals surface area contributed by atoms with Crippen molar-refractivity contribution in [3.05, 3.63) is 63.4 Å². The first kappa shape index (κ1) is 30.1. The Bertz CT molecular complexity index is 1370. The molecule has 40 heavy (non-hydrogen) atoms. The largest absolute Gasteiger partial charge is 0.462 e. The van der Waals surface area contributed by atoms with Crippen LogP contribution in [0.2, 0.25) is 0 Å². The molecule has 0 radical (unpaired) electrons. The lowest BCUT2D eigenvalue weighted by Gasteiger charge is -2.28. The van der Waals surface area contributed by atoms with E-state index in [0.29, 0.717) is 0 Å². The van der Waals surface area contributed by atoms with Crippen LogP contribution in [0.15, 0.2) is 52.2 Å². The smallest absolute Gasteiger partial charge is 0.459 e. The predicted molar refractivity (Wildman–Crippen MR) is 135 cm³/mol. The van der Waals surface area contributed by atoms with Crippen molar-refractivity contribution in [2.75, 3.05) is 13.7 Å². The summed E-state index contributed by atoms with van der Waals surface area (Å²) in [5.74, 6) is -3.53. The number of halogens is 1. The molecule has 0 saturated carbocycles. The first-order valence-corrected chi connectivity index (χ1v) is 13.8. The molecular weight excluding hydrogens is 556 g/mol. The van der Waals surface area contributed by atoms with E-state index in [0.717, 1.165) is 16.8 Å². The number of benzene rings is 1. The predicted octanol–water partition coefficient (Wildman–Crippen LogP) is 1.97. The zero-order chi connectivity index (χ0) is 29.3. The molecule has 2 aliphatic heterocycles. The van der Waals surface area contributed by atoms with Gasteiger partial charge in [0.05, 0.1) is 6.10 Å². The molecule has 3 heterocycles. The van der Waals surface area contributed by atoms with E-state index in [-0.39, 0.29) is 5.75 Å². The number of hydrogen-bond acceptors (Lipinski definition) is 11. The Balaban J connectivity index is 1.63. The maximum Gasteiger partial charge on any atom is 0.459 e. The minimum absolute atomic E-state index is 0.102. The third kappa shape index (κ3) is 6.20. The van der Waals surface area contributed by atoms with Crippen molar-refractivity contribution in [1.29, 1.82) is 0 Å². The second-order valence-electron chi connectivity index (χ2n) is 9.63. The molecule has 4 rings (SSSR count). The van der Waals surface area contributed by atoms with Gasteiger partial charge in [0.25, 0.3) is 17.9 Å². The lowest BCUT2D eigenvalue weighted by molar-refractivity contribution is -0.300. The Labute approximate surface area is 228 Å². The fourth-order valence-corrected chi connectivity index (χ4v) is 5.80. The van der Waals surface area contributed by atoms with Crippen LogP contribution in [0, 0.1) is 0 Å². The van der Waals surface area contributed by atoms with Gasteiger partial charge in [0.1, 0.15) is 24.0 Å². The number of para-hydroxylation sites is 1. The van der Waals surface area contributed by atoms with Crippen LogP contribution in [-0.4, -0.2) is 65.4 Å². The van der Waals surface area contributed by atoms with Gasteiger partial charge < -0.3 is 28.2 Å². The lowest BCUT2D eigenvalue weighted by Crippen LogP contribution is -2.48. The molecule has 7 atom stereocenters. The number of nitrogens with one attached hydrogen (secondary N) is 2. The number of hydrogen-bond donors (Lipinski definition) is 2. The number of methoxy groups -OCH3 is 1. The molecule has 0 bridgehead atoms. The zero-order valence-electron chi connectivity index (χ0n) is 22.4. The standard InChI is InChI=1S/C24H31FN3O11P/c1-14(2)35-18(30)15(3)27-40(32,39-16-9-7-6-8-10-16)34-13-24(25)19-23(4,38-22(33-5)36-19)20(37-24)28-12-11-17(29)26-21(28)31/h6-12,14-15,19-20,22H,13H2,1-5H3,(H,27,32)(H,26,29,31). The summed E-state index contributed by atoms with van der Waals surface area (Å²) < 4.78 is 69.6. The van der Waals surface area contributed by atoms with Crippen LogP contribution in [0.25, 0.3) is 0 Å². The molecule has 2 saturated heterocycles. The molecule has 1 aromatic heterocycles. The van der Waals surface area contributed by atoms with Crippen LogP contribution in [0.4, 0.5) is 4.39 Å². The van der Waals surface area contributed by atoms with Gasteiger partial charge >= 0.3 is 19.4 Å². The topological polar surface area (TPSA) is 166 Å². The fraction of sp³-hybridized carbons (Fsp3) is 0.542. The van der Waals surface area contributed by atoms with E-state index in [1.165, 1.54) is 33.1 Å². The van der Waals surface area contributed by atoms with Crippen LogP contribution >= 0.6 is 7.75 Å². The molecule has 14 nitrogen and oxygen atoms in total. The fourth-order valence-electron chi connectivity index (χ4n) is 4.29. The Hall–Kier alpha value is -2.91. The average Bonchev–Trinajstić information content (AvgIpc) is 3.34. The minimum atomic E-state index is -4.49. The van der Waals surface area contributed by atoms with Crippen LogP contribution in [-0.2, 0) is 37.6 Å². The lowest BCUT2D eigenvalue weighted by atomic mass is 9.95. The average molecular weight is 587 g/mol. The van der Waals surface area contributed by atoms with Crippen molar-refractivity contribution >= 4 is 13.7 Å². The number of ether oxygens (including phenoxy) is 5. The molecule has 1 aromatic carbocycles. The number of nitrogens with zero attached hydrogens (tertiary/aromatic N) is 1. The van der Waals surface area contributed by atoms with Crippen molar-refractivity contribution in [1.82, 2.24) is 14.6 Å². The van der Waals surface area contributed by atoms with E-state index < -0.39 is 74.0 Å². The minimum Gasteiger partial charge on any atom is -0.462 e. The Morgan fingerprint density at radius 3 is 2.52 bits per heavy atom. The van der Waals surface area contributed by atoms with Crippen molar-refractivity contribution < 1.29 is 46.5 Å². The Morgan fingerprint density at radius 1 is 1.20 bits per heavy atom. The molecule has 2 N–H and O–H groups in total. The number of aromatic amines is 1.